The lowest BCUT2D eigenvalue weighted by molar-refractivity contribution is 0.517. The maximum absolute atomic E-state index is 12.1. The number of unbranched alkanes of at least 4 members (excludes halogenated alkanes) is 4. The normalized spacial score (nSPS) is 12.0. The maximum Gasteiger partial charge on any atom is 0.178 e. The van der Waals surface area contributed by atoms with Crippen LogP contribution in [-0.4, -0.2) is 14.2 Å². The Morgan fingerprint density at radius 2 is 1.45 bits per heavy atom. The molecule has 1 rings (SSSR count). The zero-order valence-corrected chi connectivity index (χ0v) is 13.9. The second-order valence-corrected chi connectivity index (χ2v) is 8.19. The van der Waals surface area contributed by atoms with Crippen molar-refractivity contribution < 1.29 is 8.42 Å². The summed E-state index contributed by atoms with van der Waals surface area (Å²) in [5, 5.41) is 0. The Hall–Kier alpha value is -0.830. The Kier molecular flexibility index (Phi) is 7.28. The molecule has 0 aliphatic rings. The summed E-state index contributed by atoms with van der Waals surface area (Å²) in [5.74, 6) is 1.05. The van der Waals surface area contributed by atoms with E-state index in [-0.39, 0.29) is 5.75 Å². The molecule has 0 amide bonds. The van der Waals surface area contributed by atoms with Crippen molar-refractivity contribution in [2.45, 2.75) is 64.2 Å². The van der Waals surface area contributed by atoms with Crippen molar-refractivity contribution in [3.05, 3.63) is 29.8 Å². The summed E-state index contributed by atoms with van der Waals surface area (Å²) in [6.07, 6.45) is 6.71. The molecule has 0 aromatic heterocycles. The van der Waals surface area contributed by atoms with Crippen molar-refractivity contribution in [3.63, 3.8) is 0 Å². The van der Waals surface area contributed by atoms with E-state index in [0.29, 0.717) is 4.90 Å². The summed E-state index contributed by atoms with van der Waals surface area (Å²) in [7, 11) is -3.08. The first-order chi connectivity index (χ1) is 9.42. The third-order valence-corrected chi connectivity index (χ3v) is 5.39. The summed E-state index contributed by atoms with van der Waals surface area (Å²) < 4.78 is 24.2. The van der Waals surface area contributed by atoms with Gasteiger partial charge in [-0.15, -0.1) is 0 Å². The van der Waals surface area contributed by atoms with Crippen LogP contribution in [0.1, 0.15) is 57.9 Å². The quantitative estimate of drug-likeness (QED) is 0.615. The minimum absolute atomic E-state index is 0.278. The van der Waals surface area contributed by atoms with Crippen molar-refractivity contribution >= 4 is 9.84 Å². The first-order valence-electron chi connectivity index (χ1n) is 7.71. The van der Waals surface area contributed by atoms with Gasteiger partial charge in [0.05, 0.1) is 10.6 Å². The molecule has 0 heterocycles. The summed E-state index contributed by atoms with van der Waals surface area (Å²) >= 11 is 0. The molecule has 1 aromatic carbocycles. The minimum atomic E-state index is -3.08. The highest BCUT2D eigenvalue weighted by Gasteiger charge is 2.13. The molecule has 0 N–H and O–H groups in total. The van der Waals surface area contributed by atoms with E-state index >= 15 is 0 Å². The lowest BCUT2D eigenvalue weighted by atomic mass is 10.0. The molecule has 0 aliphatic carbocycles. The standard InChI is InChI=1S/C17H28O2S/c1-15(2)9-7-5-4-6-8-14-20(18,19)17-12-10-16(3)11-13-17/h10-13,15H,4-9,14H2,1-3H3. The fraction of sp³-hybridized carbons (Fsp3) is 0.647. The van der Waals surface area contributed by atoms with Crippen molar-refractivity contribution in [3.8, 4) is 0 Å². The third-order valence-electron chi connectivity index (χ3n) is 3.57. The van der Waals surface area contributed by atoms with Crippen LogP contribution in [-0.2, 0) is 9.84 Å². The lowest BCUT2D eigenvalue weighted by Gasteiger charge is -2.06. The molecule has 0 spiro atoms. The fourth-order valence-electron chi connectivity index (χ4n) is 2.24. The summed E-state index contributed by atoms with van der Waals surface area (Å²) in [6.45, 7) is 6.45. The second-order valence-electron chi connectivity index (χ2n) is 6.08. The predicted molar refractivity (Wildman–Crippen MR) is 85.8 cm³/mol. The highest BCUT2D eigenvalue weighted by molar-refractivity contribution is 7.91. The van der Waals surface area contributed by atoms with Gasteiger partial charge in [-0.3, -0.25) is 0 Å². The van der Waals surface area contributed by atoms with E-state index in [1.165, 1.54) is 19.3 Å². The Bertz CT molecular complexity index is 472. The molecule has 0 atom stereocenters. The fourth-order valence-corrected chi connectivity index (χ4v) is 3.61. The predicted octanol–water partition coefficient (Wildman–Crippen LogP) is 4.77. The topological polar surface area (TPSA) is 34.1 Å². The van der Waals surface area contributed by atoms with Gasteiger partial charge in [0.1, 0.15) is 0 Å². The van der Waals surface area contributed by atoms with Gasteiger partial charge in [-0.1, -0.05) is 63.6 Å². The molecule has 0 unspecified atom stereocenters. The Morgan fingerprint density at radius 3 is 2.05 bits per heavy atom. The van der Waals surface area contributed by atoms with Crippen LogP contribution in [0, 0.1) is 12.8 Å². The van der Waals surface area contributed by atoms with Crippen LogP contribution in [0.4, 0.5) is 0 Å². The number of hydrogen-bond donors (Lipinski definition) is 0. The molecule has 0 radical (unpaired) electrons. The smallest absolute Gasteiger partial charge is 0.178 e. The molecule has 114 valence electrons. The minimum Gasteiger partial charge on any atom is -0.224 e. The van der Waals surface area contributed by atoms with E-state index in [4.69, 9.17) is 0 Å². The Morgan fingerprint density at radius 1 is 0.900 bits per heavy atom. The van der Waals surface area contributed by atoms with Crippen LogP contribution >= 0.6 is 0 Å². The second kappa shape index (κ2) is 8.46. The number of rotatable bonds is 9. The molecule has 0 fully saturated rings. The molecule has 0 saturated heterocycles. The zero-order valence-electron chi connectivity index (χ0n) is 13.1. The van der Waals surface area contributed by atoms with Gasteiger partial charge in [0.2, 0.25) is 0 Å². The number of hydrogen-bond acceptors (Lipinski definition) is 2. The first kappa shape index (κ1) is 17.2. The summed E-state index contributed by atoms with van der Waals surface area (Å²) in [6, 6.07) is 7.15. The molecule has 1 aromatic rings. The van der Waals surface area contributed by atoms with Crippen LogP contribution in [0.15, 0.2) is 29.2 Å². The van der Waals surface area contributed by atoms with Gasteiger partial charge in [0.15, 0.2) is 9.84 Å². The third kappa shape index (κ3) is 6.56. The molecule has 0 saturated carbocycles. The van der Waals surface area contributed by atoms with E-state index in [0.717, 1.165) is 30.7 Å². The number of benzene rings is 1. The van der Waals surface area contributed by atoms with Gasteiger partial charge in [0, 0.05) is 0 Å². The monoisotopic (exact) mass is 296 g/mol. The van der Waals surface area contributed by atoms with E-state index in [1.54, 1.807) is 12.1 Å². The van der Waals surface area contributed by atoms with Crippen LogP contribution in [0.25, 0.3) is 0 Å². The first-order valence-corrected chi connectivity index (χ1v) is 9.36. The van der Waals surface area contributed by atoms with Crippen LogP contribution in [0.5, 0.6) is 0 Å². The van der Waals surface area contributed by atoms with E-state index in [1.807, 2.05) is 19.1 Å². The Balaban J connectivity index is 2.25. The number of sulfone groups is 1. The van der Waals surface area contributed by atoms with Crippen LogP contribution in [0.3, 0.4) is 0 Å². The molecule has 3 heteroatoms. The Labute approximate surface area is 124 Å². The van der Waals surface area contributed by atoms with Gasteiger partial charge in [-0.05, 0) is 31.4 Å². The van der Waals surface area contributed by atoms with Gasteiger partial charge >= 0.3 is 0 Å². The van der Waals surface area contributed by atoms with Gasteiger partial charge in [-0.25, -0.2) is 8.42 Å². The maximum atomic E-state index is 12.1. The molecule has 2 nitrogen and oxygen atoms in total. The van der Waals surface area contributed by atoms with Crippen LogP contribution < -0.4 is 0 Å². The van der Waals surface area contributed by atoms with Crippen molar-refractivity contribution in [1.82, 2.24) is 0 Å². The largest absolute Gasteiger partial charge is 0.224 e. The molecular weight excluding hydrogens is 268 g/mol. The van der Waals surface area contributed by atoms with Crippen LogP contribution in [0.2, 0.25) is 0 Å². The van der Waals surface area contributed by atoms with Crippen molar-refractivity contribution in [2.75, 3.05) is 5.75 Å². The molecule has 0 aliphatic heterocycles. The van der Waals surface area contributed by atoms with Gasteiger partial charge in [0.25, 0.3) is 0 Å². The van der Waals surface area contributed by atoms with E-state index in [9.17, 15) is 8.42 Å². The lowest BCUT2D eigenvalue weighted by Crippen LogP contribution is -2.06. The highest BCUT2D eigenvalue weighted by atomic mass is 32.2. The summed E-state index contributed by atoms with van der Waals surface area (Å²) in [5.41, 5.74) is 1.09. The average molecular weight is 296 g/mol. The highest BCUT2D eigenvalue weighted by Crippen LogP contribution is 2.15. The summed E-state index contributed by atoms with van der Waals surface area (Å²) in [4.78, 5) is 0.461. The van der Waals surface area contributed by atoms with Gasteiger partial charge < -0.3 is 0 Å². The molecular formula is C17H28O2S. The van der Waals surface area contributed by atoms with E-state index < -0.39 is 9.84 Å². The van der Waals surface area contributed by atoms with Gasteiger partial charge in [-0.2, -0.15) is 0 Å². The molecule has 0 bridgehead atoms. The molecule has 20 heavy (non-hydrogen) atoms. The van der Waals surface area contributed by atoms with Crippen molar-refractivity contribution in [2.24, 2.45) is 5.92 Å². The zero-order chi connectivity index (χ0) is 15.0. The average Bonchev–Trinajstić information content (AvgIpc) is 2.37. The SMILES string of the molecule is Cc1ccc(S(=O)(=O)CCCCCCCC(C)C)cc1. The number of aryl methyl sites for hydroxylation is 1. The van der Waals surface area contributed by atoms with Crippen molar-refractivity contribution in [1.29, 1.82) is 0 Å². The van der Waals surface area contributed by atoms with E-state index in [2.05, 4.69) is 13.8 Å².